The van der Waals surface area contributed by atoms with Crippen molar-refractivity contribution in [3.63, 3.8) is 0 Å². The minimum absolute atomic E-state index is 0.0448. The lowest BCUT2D eigenvalue weighted by Gasteiger charge is -2.01. The highest BCUT2D eigenvalue weighted by Crippen LogP contribution is 2.19. The van der Waals surface area contributed by atoms with E-state index in [1.165, 1.54) is 15.9 Å². The molecule has 5 nitrogen and oxygen atoms in total. The second-order valence-electron chi connectivity index (χ2n) is 4.52. The van der Waals surface area contributed by atoms with E-state index in [4.69, 9.17) is 4.42 Å². The third-order valence-corrected chi connectivity index (χ3v) is 4.18. The molecule has 0 aromatic carbocycles. The third kappa shape index (κ3) is 1.98. The van der Waals surface area contributed by atoms with Gasteiger partial charge in [0.25, 0.3) is 5.56 Å². The smallest absolute Gasteiger partial charge is 0.271 e. The fraction of sp³-hybridized carbons (Fsp3) is 0.308. The summed E-state index contributed by atoms with van der Waals surface area (Å²) >= 11 is 1.43. The van der Waals surface area contributed by atoms with E-state index in [2.05, 4.69) is 9.97 Å². The number of thiophene rings is 1. The molecule has 3 heterocycles. The average Bonchev–Trinajstić information content (AvgIpc) is 2.88. The molecule has 0 spiro atoms. The van der Waals surface area contributed by atoms with Crippen LogP contribution < -0.4 is 5.56 Å². The van der Waals surface area contributed by atoms with Gasteiger partial charge in [-0.05, 0) is 31.7 Å². The summed E-state index contributed by atoms with van der Waals surface area (Å²) in [5.41, 5.74) is 2.62. The molecular weight excluding hydrogens is 262 g/mol. The van der Waals surface area contributed by atoms with Gasteiger partial charge in [-0.2, -0.15) is 0 Å². The van der Waals surface area contributed by atoms with Crippen LogP contribution in [0.15, 0.2) is 20.9 Å². The zero-order valence-corrected chi connectivity index (χ0v) is 11.7. The van der Waals surface area contributed by atoms with Gasteiger partial charge in [0.1, 0.15) is 17.0 Å². The van der Waals surface area contributed by atoms with Crippen LogP contribution in [0.2, 0.25) is 0 Å². The molecule has 3 rings (SSSR count). The van der Waals surface area contributed by atoms with Crippen molar-refractivity contribution < 1.29 is 4.42 Å². The zero-order valence-electron chi connectivity index (χ0n) is 10.9. The molecule has 3 aromatic rings. The van der Waals surface area contributed by atoms with Crippen molar-refractivity contribution in [3.8, 4) is 0 Å². The Bertz CT molecular complexity index is 794. The summed E-state index contributed by atoms with van der Waals surface area (Å²) < 4.78 is 7.71. The Morgan fingerprint density at radius 3 is 2.84 bits per heavy atom. The summed E-state index contributed by atoms with van der Waals surface area (Å²) in [4.78, 5) is 20.9. The lowest BCUT2D eigenvalue weighted by molar-refractivity contribution is 0.453. The van der Waals surface area contributed by atoms with Gasteiger partial charge in [0, 0.05) is 0 Å². The minimum atomic E-state index is -0.0448. The summed E-state index contributed by atoms with van der Waals surface area (Å²) in [6.45, 7) is 6.01. The molecule has 0 saturated heterocycles. The summed E-state index contributed by atoms with van der Waals surface area (Å²) in [7, 11) is 0. The van der Waals surface area contributed by atoms with E-state index >= 15 is 0 Å². The van der Waals surface area contributed by atoms with Crippen LogP contribution in [0.3, 0.4) is 0 Å². The zero-order chi connectivity index (χ0) is 13.6. The summed E-state index contributed by atoms with van der Waals surface area (Å²) in [5, 5.41) is 1.95. The number of aryl methyl sites for hydroxylation is 3. The van der Waals surface area contributed by atoms with E-state index < -0.39 is 0 Å². The topological polar surface area (TPSA) is 60.9 Å². The summed E-state index contributed by atoms with van der Waals surface area (Å²) in [6, 6.07) is 0. The van der Waals surface area contributed by atoms with E-state index in [9.17, 15) is 4.79 Å². The molecule has 0 bridgehead atoms. The molecule has 0 fully saturated rings. The maximum Gasteiger partial charge on any atom is 0.271 e. The molecule has 0 radical (unpaired) electrons. The first kappa shape index (κ1) is 12.1. The number of hydrogen-bond acceptors (Lipinski definition) is 5. The maximum absolute atomic E-state index is 12.3. The lowest BCUT2D eigenvalue weighted by Crippen LogP contribution is -2.20. The Morgan fingerprint density at radius 1 is 1.37 bits per heavy atom. The molecule has 98 valence electrons. The number of nitrogens with zero attached hydrogens (tertiary/aromatic N) is 3. The standard InChI is InChI=1S/C13H13N3O2S/c1-7-5-19-12-11(7)14-6-16(13(12)17)4-10-15-8(2)9(3)18-10/h5-6H,4H2,1-3H3. The van der Waals surface area contributed by atoms with Crippen LogP contribution in [-0.4, -0.2) is 14.5 Å². The van der Waals surface area contributed by atoms with Gasteiger partial charge in [0.15, 0.2) is 0 Å². The van der Waals surface area contributed by atoms with Gasteiger partial charge >= 0.3 is 0 Å². The molecule has 0 atom stereocenters. The number of fused-ring (bicyclic) bond motifs is 1. The Kier molecular flexibility index (Phi) is 2.74. The summed E-state index contributed by atoms with van der Waals surface area (Å²) in [5.74, 6) is 1.32. The Morgan fingerprint density at radius 2 is 2.16 bits per heavy atom. The monoisotopic (exact) mass is 275 g/mol. The predicted molar refractivity (Wildman–Crippen MR) is 73.7 cm³/mol. The van der Waals surface area contributed by atoms with Crippen LogP contribution in [0.4, 0.5) is 0 Å². The van der Waals surface area contributed by atoms with E-state index in [0.29, 0.717) is 17.1 Å². The second-order valence-corrected chi connectivity index (χ2v) is 5.40. The number of rotatable bonds is 2. The molecule has 0 unspecified atom stereocenters. The second kappa shape index (κ2) is 4.31. The molecule has 3 aromatic heterocycles. The Hall–Kier alpha value is -1.95. The van der Waals surface area contributed by atoms with Gasteiger partial charge in [-0.25, -0.2) is 9.97 Å². The molecule has 0 amide bonds. The van der Waals surface area contributed by atoms with Gasteiger partial charge in [0.05, 0.1) is 17.5 Å². The van der Waals surface area contributed by atoms with Crippen LogP contribution in [0.5, 0.6) is 0 Å². The maximum atomic E-state index is 12.3. The van der Waals surface area contributed by atoms with Crippen molar-refractivity contribution in [2.45, 2.75) is 27.3 Å². The number of aromatic nitrogens is 3. The van der Waals surface area contributed by atoms with Gasteiger partial charge in [-0.15, -0.1) is 11.3 Å². The molecule has 0 N–H and O–H groups in total. The average molecular weight is 275 g/mol. The van der Waals surface area contributed by atoms with Crippen LogP contribution in [0, 0.1) is 20.8 Å². The van der Waals surface area contributed by atoms with Crippen molar-refractivity contribution in [2.24, 2.45) is 0 Å². The first-order chi connectivity index (χ1) is 9.06. The molecule has 0 saturated carbocycles. The van der Waals surface area contributed by atoms with Gasteiger partial charge < -0.3 is 4.42 Å². The molecule has 0 aliphatic rings. The first-order valence-corrected chi connectivity index (χ1v) is 6.80. The van der Waals surface area contributed by atoms with Crippen molar-refractivity contribution in [1.29, 1.82) is 0 Å². The molecule has 0 aliphatic heterocycles. The minimum Gasteiger partial charge on any atom is -0.444 e. The molecule has 6 heteroatoms. The highest BCUT2D eigenvalue weighted by atomic mass is 32.1. The largest absolute Gasteiger partial charge is 0.444 e. The van der Waals surface area contributed by atoms with Crippen LogP contribution >= 0.6 is 11.3 Å². The van der Waals surface area contributed by atoms with Crippen molar-refractivity contribution >= 4 is 21.6 Å². The highest BCUT2D eigenvalue weighted by Gasteiger charge is 2.11. The van der Waals surface area contributed by atoms with Crippen LogP contribution in [0.1, 0.15) is 22.9 Å². The van der Waals surface area contributed by atoms with E-state index in [0.717, 1.165) is 22.5 Å². The Labute approximate surface area is 113 Å². The molecular formula is C13H13N3O2S. The number of oxazole rings is 1. The lowest BCUT2D eigenvalue weighted by atomic mass is 10.3. The highest BCUT2D eigenvalue weighted by molar-refractivity contribution is 7.17. The van der Waals surface area contributed by atoms with E-state index in [1.807, 2.05) is 26.2 Å². The first-order valence-electron chi connectivity index (χ1n) is 5.92. The van der Waals surface area contributed by atoms with Crippen molar-refractivity contribution in [1.82, 2.24) is 14.5 Å². The van der Waals surface area contributed by atoms with E-state index in [1.54, 1.807) is 6.33 Å². The SMILES string of the molecule is Cc1nc(Cn2cnc3c(C)csc3c2=O)oc1C. The predicted octanol–water partition coefficient (Wildman–Crippen LogP) is 2.42. The fourth-order valence-corrected chi connectivity index (χ4v) is 2.88. The van der Waals surface area contributed by atoms with Gasteiger partial charge in [-0.3, -0.25) is 9.36 Å². The van der Waals surface area contributed by atoms with Crippen molar-refractivity contribution in [3.05, 3.63) is 45.0 Å². The third-order valence-electron chi connectivity index (χ3n) is 3.10. The van der Waals surface area contributed by atoms with E-state index in [-0.39, 0.29) is 5.56 Å². The summed E-state index contributed by atoms with van der Waals surface area (Å²) in [6.07, 6.45) is 1.55. The number of hydrogen-bond donors (Lipinski definition) is 0. The van der Waals surface area contributed by atoms with Crippen LogP contribution in [-0.2, 0) is 6.54 Å². The molecule has 19 heavy (non-hydrogen) atoms. The Balaban J connectivity index is 2.06. The molecule has 0 aliphatic carbocycles. The fourth-order valence-electron chi connectivity index (χ4n) is 1.93. The normalized spacial score (nSPS) is 11.3. The van der Waals surface area contributed by atoms with Gasteiger partial charge in [0.2, 0.25) is 5.89 Å². The quantitative estimate of drug-likeness (QED) is 0.720. The van der Waals surface area contributed by atoms with Crippen LogP contribution in [0.25, 0.3) is 10.2 Å². The van der Waals surface area contributed by atoms with Gasteiger partial charge in [-0.1, -0.05) is 0 Å². The van der Waals surface area contributed by atoms with Crippen molar-refractivity contribution in [2.75, 3.05) is 0 Å².